The maximum absolute atomic E-state index is 11.6. The normalized spacial score (nSPS) is 14.6. The SMILES string of the molecule is CCCNS(=O)(=O)N(C)C(C)CCN. The van der Waals surface area contributed by atoms with E-state index >= 15 is 0 Å². The Morgan fingerprint density at radius 3 is 2.50 bits per heavy atom. The Morgan fingerprint density at radius 2 is 2.07 bits per heavy atom. The van der Waals surface area contributed by atoms with Gasteiger partial charge in [-0.05, 0) is 26.3 Å². The highest BCUT2D eigenvalue weighted by atomic mass is 32.2. The number of nitrogens with two attached hydrogens (primary N) is 1. The van der Waals surface area contributed by atoms with Crippen molar-refractivity contribution in [3.05, 3.63) is 0 Å². The van der Waals surface area contributed by atoms with E-state index < -0.39 is 10.2 Å². The van der Waals surface area contributed by atoms with Crippen LogP contribution >= 0.6 is 0 Å². The minimum atomic E-state index is -3.32. The minimum absolute atomic E-state index is 0.0608. The Kier molecular flexibility index (Phi) is 6.26. The van der Waals surface area contributed by atoms with Crippen LogP contribution in [0.3, 0.4) is 0 Å². The molecule has 0 aromatic carbocycles. The molecule has 0 aliphatic heterocycles. The molecule has 0 radical (unpaired) electrons. The van der Waals surface area contributed by atoms with Crippen LogP contribution in [0.4, 0.5) is 0 Å². The van der Waals surface area contributed by atoms with Crippen molar-refractivity contribution in [1.29, 1.82) is 0 Å². The van der Waals surface area contributed by atoms with Crippen LogP contribution in [-0.4, -0.2) is 38.9 Å². The van der Waals surface area contributed by atoms with Crippen LogP contribution in [0.1, 0.15) is 26.7 Å². The summed E-state index contributed by atoms with van der Waals surface area (Å²) in [5.41, 5.74) is 5.37. The zero-order valence-electron chi connectivity index (χ0n) is 9.16. The third-order valence-corrected chi connectivity index (χ3v) is 3.81. The Bertz CT molecular complexity index is 241. The van der Waals surface area contributed by atoms with E-state index in [4.69, 9.17) is 5.73 Å². The number of nitrogens with zero attached hydrogens (tertiary/aromatic N) is 1. The number of nitrogens with one attached hydrogen (secondary N) is 1. The maximum Gasteiger partial charge on any atom is 0.279 e. The molecule has 0 amide bonds. The van der Waals surface area contributed by atoms with Crippen LogP contribution in [0.2, 0.25) is 0 Å². The average Bonchev–Trinajstić information content (AvgIpc) is 2.14. The molecule has 0 spiro atoms. The van der Waals surface area contributed by atoms with Gasteiger partial charge in [0, 0.05) is 19.6 Å². The summed E-state index contributed by atoms with van der Waals surface area (Å²) < 4.78 is 27.0. The fourth-order valence-corrected chi connectivity index (χ4v) is 2.24. The second-order valence-corrected chi connectivity index (χ2v) is 5.16. The van der Waals surface area contributed by atoms with Gasteiger partial charge in [0.05, 0.1) is 0 Å². The van der Waals surface area contributed by atoms with Crippen LogP contribution < -0.4 is 10.5 Å². The molecule has 0 aromatic heterocycles. The summed E-state index contributed by atoms with van der Waals surface area (Å²) in [6, 6.07) is -0.0608. The minimum Gasteiger partial charge on any atom is -0.330 e. The molecule has 0 saturated carbocycles. The van der Waals surface area contributed by atoms with Gasteiger partial charge < -0.3 is 5.73 Å². The third-order valence-electron chi connectivity index (χ3n) is 2.12. The van der Waals surface area contributed by atoms with E-state index in [1.54, 1.807) is 7.05 Å². The molecule has 1 atom stereocenters. The van der Waals surface area contributed by atoms with Crippen LogP contribution in [0.5, 0.6) is 0 Å². The van der Waals surface area contributed by atoms with Gasteiger partial charge in [-0.15, -0.1) is 0 Å². The third kappa shape index (κ3) is 4.36. The number of rotatable bonds is 7. The largest absolute Gasteiger partial charge is 0.330 e. The van der Waals surface area contributed by atoms with Crippen molar-refractivity contribution in [1.82, 2.24) is 9.03 Å². The highest BCUT2D eigenvalue weighted by molar-refractivity contribution is 7.87. The molecule has 0 saturated heterocycles. The lowest BCUT2D eigenvalue weighted by Gasteiger charge is -2.23. The average molecular weight is 223 g/mol. The Morgan fingerprint density at radius 1 is 1.50 bits per heavy atom. The van der Waals surface area contributed by atoms with Gasteiger partial charge in [0.2, 0.25) is 0 Å². The Labute approximate surface area is 86.8 Å². The van der Waals surface area contributed by atoms with E-state index in [1.165, 1.54) is 4.31 Å². The lowest BCUT2D eigenvalue weighted by molar-refractivity contribution is 0.368. The molecule has 14 heavy (non-hydrogen) atoms. The first-order valence-corrected chi connectivity index (χ1v) is 6.32. The second kappa shape index (κ2) is 6.34. The smallest absolute Gasteiger partial charge is 0.279 e. The van der Waals surface area contributed by atoms with Gasteiger partial charge in [0.25, 0.3) is 10.2 Å². The van der Waals surface area contributed by atoms with Gasteiger partial charge in [-0.25, -0.2) is 4.72 Å². The van der Waals surface area contributed by atoms with Crippen LogP contribution in [0, 0.1) is 0 Å². The van der Waals surface area contributed by atoms with E-state index in [0.717, 1.165) is 6.42 Å². The van der Waals surface area contributed by atoms with Crippen LogP contribution in [0.15, 0.2) is 0 Å². The summed E-state index contributed by atoms with van der Waals surface area (Å²) >= 11 is 0. The topological polar surface area (TPSA) is 75.4 Å². The molecule has 5 nitrogen and oxygen atoms in total. The van der Waals surface area contributed by atoms with Crippen molar-refractivity contribution in [2.24, 2.45) is 5.73 Å². The summed E-state index contributed by atoms with van der Waals surface area (Å²) in [6.07, 6.45) is 1.46. The van der Waals surface area contributed by atoms with Gasteiger partial charge in [-0.2, -0.15) is 12.7 Å². The van der Waals surface area contributed by atoms with Gasteiger partial charge in [0.15, 0.2) is 0 Å². The maximum atomic E-state index is 11.6. The van der Waals surface area contributed by atoms with Gasteiger partial charge in [-0.3, -0.25) is 0 Å². The first-order valence-electron chi connectivity index (χ1n) is 4.88. The van der Waals surface area contributed by atoms with Crippen molar-refractivity contribution in [2.45, 2.75) is 32.7 Å². The lowest BCUT2D eigenvalue weighted by atomic mass is 10.2. The standard InChI is InChI=1S/C8H21N3O2S/c1-4-7-10-14(12,13)11(3)8(2)5-6-9/h8,10H,4-7,9H2,1-3H3. The van der Waals surface area contributed by atoms with E-state index in [9.17, 15) is 8.42 Å². The van der Waals surface area contributed by atoms with Crippen molar-refractivity contribution in [3.8, 4) is 0 Å². The van der Waals surface area contributed by atoms with Crippen LogP contribution in [0.25, 0.3) is 0 Å². The van der Waals surface area contributed by atoms with Crippen molar-refractivity contribution >= 4 is 10.2 Å². The zero-order valence-corrected chi connectivity index (χ0v) is 9.97. The summed E-state index contributed by atoms with van der Waals surface area (Å²) in [6.45, 7) is 4.74. The lowest BCUT2D eigenvalue weighted by Crippen LogP contribution is -2.43. The molecule has 86 valence electrons. The number of hydrogen-bond donors (Lipinski definition) is 2. The fraction of sp³-hybridized carbons (Fsp3) is 1.00. The molecule has 0 aliphatic rings. The predicted molar refractivity (Wildman–Crippen MR) is 58.1 cm³/mol. The van der Waals surface area contributed by atoms with Gasteiger partial charge in [-0.1, -0.05) is 6.92 Å². The summed E-state index contributed by atoms with van der Waals surface area (Å²) in [5.74, 6) is 0. The van der Waals surface area contributed by atoms with Crippen LogP contribution in [-0.2, 0) is 10.2 Å². The van der Waals surface area contributed by atoms with E-state index in [1.807, 2.05) is 13.8 Å². The molecule has 0 aliphatic carbocycles. The molecule has 0 fully saturated rings. The summed E-state index contributed by atoms with van der Waals surface area (Å²) in [4.78, 5) is 0. The molecule has 3 N–H and O–H groups in total. The van der Waals surface area contributed by atoms with E-state index in [-0.39, 0.29) is 6.04 Å². The quantitative estimate of drug-likeness (QED) is 0.633. The highest BCUT2D eigenvalue weighted by Gasteiger charge is 2.21. The van der Waals surface area contributed by atoms with Gasteiger partial charge >= 0.3 is 0 Å². The molecule has 6 heteroatoms. The molecular formula is C8H21N3O2S. The van der Waals surface area contributed by atoms with E-state index in [2.05, 4.69) is 4.72 Å². The second-order valence-electron chi connectivity index (χ2n) is 3.34. The first kappa shape index (κ1) is 13.8. The van der Waals surface area contributed by atoms with E-state index in [0.29, 0.717) is 19.5 Å². The number of hydrogen-bond acceptors (Lipinski definition) is 3. The van der Waals surface area contributed by atoms with Gasteiger partial charge in [0.1, 0.15) is 0 Å². The first-order chi connectivity index (χ1) is 6.45. The molecule has 0 aromatic rings. The summed E-state index contributed by atoms with van der Waals surface area (Å²) in [5, 5.41) is 0. The predicted octanol–water partition coefficient (Wildman–Crippen LogP) is -0.100. The Hall–Kier alpha value is -0.170. The zero-order chi connectivity index (χ0) is 11.2. The molecular weight excluding hydrogens is 202 g/mol. The van der Waals surface area contributed by atoms with Crippen molar-refractivity contribution < 1.29 is 8.42 Å². The fourth-order valence-electron chi connectivity index (χ4n) is 0.993. The molecule has 0 bridgehead atoms. The monoisotopic (exact) mass is 223 g/mol. The molecule has 0 heterocycles. The molecule has 0 rings (SSSR count). The summed E-state index contributed by atoms with van der Waals surface area (Å²) in [7, 11) is -1.75. The highest BCUT2D eigenvalue weighted by Crippen LogP contribution is 2.04. The van der Waals surface area contributed by atoms with Crippen molar-refractivity contribution in [3.63, 3.8) is 0 Å². The molecule has 1 unspecified atom stereocenters. The van der Waals surface area contributed by atoms with Crippen molar-refractivity contribution in [2.75, 3.05) is 20.1 Å². The Balaban J connectivity index is 4.27.